The summed E-state index contributed by atoms with van der Waals surface area (Å²) < 4.78 is 6.38. The number of carboxylic acid groups (broad SMARTS) is 1. The standard InChI is InChI=1S/C15H16N4O6/c1-3-25-10-4-5-11(13(8-10)19(23)24)16-14(20)9(2)18-7-6-12(17-18)15(21)22/h4-9H,3H2,1-2H3,(H,16,20)(H,21,22). The summed E-state index contributed by atoms with van der Waals surface area (Å²) in [4.78, 5) is 33.7. The number of carbonyl (C=O) groups excluding carboxylic acids is 1. The van der Waals surface area contributed by atoms with Crippen molar-refractivity contribution in [3.05, 3.63) is 46.3 Å². The van der Waals surface area contributed by atoms with Crippen molar-refractivity contribution in [3.63, 3.8) is 0 Å². The minimum Gasteiger partial charge on any atom is -0.494 e. The van der Waals surface area contributed by atoms with Crippen molar-refractivity contribution in [2.24, 2.45) is 0 Å². The average Bonchev–Trinajstić information content (AvgIpc) is 3.05. The van der Waals surface area contributed by atoms with E-state index in [9.17, 15) is 19.7 Å². The number of nitro benzene ring substituents is 1. The van der Waals surface area contributed by atoms with Crippen molar-refractivity contribution in [1.29, 1.82) is 0 Å². The third-order valence-electron chi connectivity index (χ3n) is 3.34. The summed E-state index contributed by atoms with van der Waals surface area (Å²) in [5.41, 5.74) is -0.499. The molecule has 25 heavy (non-hydrogen) atoms. The molecule has 1 heterocycles. The summed E-state index contributed by atoms with van der Waals surface area (Å²) in [5, 5.41) is 26.3. The van der Waals surface area contributed by atoms with Crippen LogP contribution in [0.2, 0.25) is 0 Å². The smallest absolute Gasteiger partial charge is 0.356 e. The fourth-order valence-corrected chi connectivity index (χ4v) is 2.05. The van der Waals surface area contributed by atoms with Crippen molar-refractivity contribution in [1.82, 2.24) is 9.78 Å². The first-order chi connectivity index (χ1) is 11.8. The Morgan fingerprint density at radius 3 is 2.72 bits per heavy atom. The van der Waals surface area contributed by atoms with Gasteiger partial charge in [0.25, 0.3) is 5.69 Å². The molecule has 0 radical (unpaired) electrons. The van der Waals surface area contributed by atoms with E-state index in [-0.39, 0.29) is 17.1 Å². The molecule has 10 nitrogen and oxygen atoms in total. The van der Waals surface area contributed by atoms with Gasteiger partial charge in [-0.05, 0) is 32.0 Å². The number of amides is 1. The van der Waals surface area contributed by atoms with Gasteiger partial charge in [0.1, 0.15) is 17.5 Å². The highest BCUT2D eigenvalue weighted by atomic mass is 16.6. The molecule has 1 aromatic carbocycles. The first kappa shape index (κ1) is 17.9. The predicted molar refractivity (Wildman–Crippen MR) is 86.8 cm³/mol. The summed E-state index contributed by atoms with van der Waals surface area (Å²) in [6.07, 6.45) is 1.35. The van der Waals surface area contributed by atoms with Gasteiger partial charge in [-0.15, -0.1) is 0 Å². The van der Waals surface area contributed by atoms with Crippen LogP contribution >= 0.6 is 0 Å². The van der Waals surface area contributed by atoms with Crippen LogP contribution in [0.3, 0.4) is 0 Å². The molecule has 10 heteroatoms. The van der Waals surface area contributed by atoms with E-state index in [0.29, 0.717) is 12.4 Å². The highest BCUT2D eigenvalue weighted by Gasteiger charge is 2.22. The molecule has 1 aromatic heterocycles. The van der Waals surface area contributed by atoms with Crippen molar-refractivity contribution >= 4 is 23.3 Å². The Bertz CT molecular complexity index is 816. The van der Waals surface area contributed by atoms with Crippen LogP contribution in [0.15, 0.2) is 30.5 Å². The molecule has 1 amide bonds. The van der Waals surface area contributed by atoms with E-state index in [4.69, 9.17) is 9.84 Å². The van der Waals surface area contributed by atoms with Crippen molar-refractivity contribution in [2.75, 3.05) is 11.9 Å². The molecule has 0 bridgehead atoms. The number of aromatic nitrogens is 2. The van der Waals surface area contributed by atoms with Crippen LogP contribution in [0.1, 0.15) is 30.4 Å². The third kappa shape index (κ3) is 4.10. The number of benzene rings is 1. The molecule has 2 rings (SSSR count). The molecule has 0 aliphatic rings. The number of aromatic carboxylic acids is 1. The van der Waals surface area contributed by atoms with Gasteiger partial charge in [0, 0.05) is 6.20 Å². The van der Waals surface area contributed by atoms with E-state index in [1.807, 2.05) is 0 Å². The SMILES string of the molecule is CCOc1ccc(NC(=O)C(C)n2ccc(C(=O)O)n2)c([N+](=O)[O-])c1. The summed E-state index contributed by atoms with van der Waals surface area (Å²) in [6.45, 7) is 3.60. The van der Waals surface area contributed by atoms with Gasteiger partial charge in [-0.25, -0.2) is 4.79 Å². The van der Waals surface area contributed by atoms with Gasteiger partial charge >= 0.3 is 5.97 Å². The van der Waals surface area contributed by atoms with Gasteiger partial charge in [0.05, 0.1) is 17.6 Å². The van der Waals surface area contributed by atoms with Gasteiger partial charge < -0.3 is 15.2 Å². The zero-order valence-electron chi connectivity index (χ0n) is 13.5. The predicted octanol–water partition coefficient (Wildman–Crippen LogP) is 2.09. The first-order valence-electron chi connectivity index (χ1n) is 7.34. The number of carboxylic acids is 1. The first-order valence-corrected chi connectivity index (χ1v) is 7.34. The minimum atomic E-state index is -1.21. The molecule has 0 fully saturated rings. The van der Waals surface area contributed by atoms with Crippen LogP contribution in [0, 0.1) is 10.1 Å². The number of hydrogen-bond acceptors (Lipinski definition) is 6. The van der Waals surface area contributed by atoms with Crippen LogP contribution in [0.25, 0.3) is 0 Å². The average molecular weight is 348 g/mol. The lowest BCUT2D eigenvalue weighted by Crippen LogP contribution is -2.24. The summed E-state index contributed by atoms with van der Waals surface area (Å²) in [5.74, 6) is -1.47. The number of carbonyl (C=O) groups is 2. The molecule has 0 aliphatic heterocycles. The highest BCUT2D eigenvalue weighted by Crippen LogP contribution is 2.29. The molecule has 0 spiro atoms. The van der Waals surface area contributed by atoms with Crippen LogP contribution < -0.4 is 10.1 Å². The Hall–Kier alpha value is -3.43. The van der Waals surface area contributed by atoms with Crippen molar-refractivity contribution in [3.8, 4) is 5.75 Å². The Balaban J connectivity index is 2.21. The fourth-order valence-electron chi connectivity index (χ4n) is 2.05. The second kappa shape index (κ2) is 7.43. The van der Waals surface area contributed by atoms with Crippen molar-refractivity contribution in [2.45, 2.75) is 19.9 Å². The molecule has 1 atom stereocenters. The van der Waals surface area contributed by atoms with Crippen LogP contribution in [0.5, 0.6) is 5.75 Å². The lowest BCUT2D eigenvalue weighted by atomic mass is 10.2. The second-order valence-corrected chi connectivity index (χ2v) is 5.02. The van der Waals surface area contributed by atoms with Crippen LogP contribution in [-0.4, -0.2) is 38.3 Å². The normalized spacial score (nSPS) is 11.6. The monoisotopic (exact) mass is 348 g/mol. The third-order valence-corrected chi connectivity index (χ3v) is 3.34. The summed E-state index contributed by atoms with van der Waals surface area (Å²) in [7, 11) is 0. The number of nitro groups is 1. The van der Waals surface area contributed by atoms with Crippen LogP contribution in [0.4, 0.5) is 11.4 Å². The van der Waals surface area contributed by atoms with Crippen LogP contribution in [-0.2, 0) is 4.79 Å². The van der Waals surface area contributed by atoms with E-state index >= 15 is 0 Å². The second-order valence-electron chi connectivity index (χ2n) is 5.02. The number of ether oxygens (including phenoxy) is 1. The molecule has 0 saturated carbocycles. The molecular formula is C15H16N4O6. The summed E-state index contributed by atoms with van der Waals surface area (Å²) in [6, 6.07) is 4.50. The zero-order valence-corrected chi connectivity index (χ0v) is 13.5. The quantitative estimate of drug-likeness (QED) is 0.577. The number of nitrogens with zero attached hydrogens (tertiary/aromatic N) is 3. The largest absolute Gasteiger partial charge is 0.494 e. The van der Waals surface area contributed by atoms with E-state index in [1.165, 1.54) is 42.1 Å². The Morgan fingerprint density at radius 2 is 2.16 bits per heavy atom. The number of hydrogen-bond donors (Lipinski definition) is 2. The maximum absolute atomic E-state index is 12.3. The van der Waals surface area contributed by atoms with Gasteiger partial charge in [-0.3, -0.25) is 19.6 Å². The minimum absolute atomic E-state index is 0.0101. The zero-order chi connectivity index (χ0) is 18.6. The van der Waals surface area contributed by atoms with Gasteiger partial charge in [-0.2, -0.15) is 5.10 Å². The van der Waals surface area contributed by atoms with Gasteiger partial charge in [-0.1, -0.05) is 0 Å². The molecule has 0 aliphatic carbocycles. The Labute approximate surface area is 142 Å². The lowest BCUT2D eigenvalue weighted by molar-refractivity contribution is -0.384. The van der Waals surface area contributed by atoms with Gasteiger partial charge in [0.2, 0.25) is 5.91 Å². The molecule has 2 N–H and O–H groups in total. The maximum atomic E-state index is 12.3. The highest BCUT2D eigenvalue weighted by molar-refractivity contribution is 5.95. The van der Waals surface area contributed by atoms with E-state index in [1.54, 1.807) is 6.92 Å². The number of rotatable bonds is 7. The molecule has 0 saturated heterocycles. The Kier molecular flexibility index (Phi) is 5.32. The fraction of sp³-hybridized carbons (Fsp3) is 0.267. The molecule has 132 valence electrons. The van der Waals surface area contributed by atoms with E-state index in [2.05, 4.69) is 10.4 Å². The molecular weight excluding hydrogens is 332 g/mol. The van der Waals surface area contributed by atoms with E-state index < -0.39 is 22.8 Å². The summed E-state index contributed by atoms with van der Waals surface area (Å²) >= 11 is 0. The Morgan fingerprint density at radius 1 is 1.44 bits per heavy atom. The molecule has 1 unspecified atom stereocenters. The lowest BCUT2D eigenvalue weighted by Gasteiger charge is -2.13. The topological polar surface area (TPSA) is 137 Å². The number of anilines is 1. The van der Waals surface area contributed by atoms with E-state index in [0.717, 1.165) is 0 Å². The van der Waals surface area contributed by atoms with Crippen molar-refractivity contribution < 1.29 is 24.4 Å². The maximum Gasteiger partial charge on any atom is 0.356 e. The van der Waals surface area contributed by atoms with Gasteiger partial charge in [0.15, 0.2) is 5.69 Å². The number of nitrogens with one attached hydrogen (secondary N) is 1. The molecule has 2 aromatic rings.